The number of guanidine groups is 1. The van der Waals surface area contributed by atoms with Crippen molar-refractivity contribution < 1.29 is 8.81 Å². The van der Waals surface area contributed by atoms with Crippen molar-refractivity contribution in [1.82, 2.24) is 24.8 Å². The fraction of sp³-hybridized carbons (Fsp3) is 0.435. The number of benzene rings is 1. The number of hydrogen-bond donors (Lipinski definition) is 1. The lowest BCUT2D eigenvalue weighted by Gasteiger charge is -2.39. The molecule has 0 amide bonds. The second-order valence-electron chi connectivity index (χ2n) is 7.93. The highest BCUT2D eigenvalue weighted by molar-refractivity contribution is 14.0. The fourth-order valence-electron chi connectivity index (χ4n) is 3.94. The Morgan fingerprint density at radius 1 is 1.31 bits per heavy atom. The smallest absolute Gasteiger partial charge is 0.226 e. The molecule has 1 aliphatic heterocycles. The van der Waals surface area contributed by atoms with Gasteiger partial charge in [0.1, 0.15) is 12.1 Å². The SMILES string of the molecule is CCNC(=NCCc1coc(-c2ccc(F)cc2)n1)N1CCC(C)C(n2ccnc2)C1.I. The van der Waals surface area contributed by atoms with E-state index in [2.05, 4.69) is 38.6 Å². The molecular formula is C23H30FIN6O. The summed E-state index contributed by atoms with van der Waals surface area (Å²) in [5.41, 5.74) is 1.60. The Hall–Kier alpha value is -2.43. The molecule has 0 radical (unpaired) electrons. The molecule has 1 aromatic carbocycles. The minimum atomic E-state index is -0.275. The highest BCUT2D eigenvalue weighted by atomic mass is 127. The van der Waals surface area contributed by atoms with E-state index in [1.54, 1.807) is 18.4 Å². The molecule has 1 saturated heterocycles. The predicted molar refractivity (Wildman–Crippen MR) is 134 cm³/mol. The minimum absolute atomic E-state index is 0. The normalized spacial score (nSPS) is 19.0. The zero-order valence-electron chi connectivity index (χ0n) is 18.4. The predicted octanol–water partition coefficient (Wildman–Crippen LogP) is 4.39. The number of halogens is 2. The van der Waals surface area contributed by atoms with Gasteiger partial charge in [-0.2, -0.15) is 0 Å². The van der Waals surface area contributed by atoms with Crippen LogP contribution in [0, 0.1) is 11.7 Å². The molecule has 2 atom stereocenters. The van der Waals surface area contributed by atoms with Gasteiger partial charge in [0.05, 0.1) is 18.1 Å². The summed E-state index contributed by atoms with van der Waals surface area (Å²) in [6.07, 6.45) is 9.21. The van der Waals surface area contributed by atoms with Crippen LogP contribution in [0.25, 0.3) is 11.5 Å². The number of likely N-dealkylation sites (tertiary alicyclic amines) is 1. The first-order valence-corrected chi connectivity index (χ1v) is 10.8. The van der Waals surface area contributed by atoms with Crippen molar-refractivity contribution in [3.63, 3.8) is 0 Å². The Bertz CT molecular complexity index is 988. The Morgan fingerprint density at radius 3 is 2.84 bits per heavy atom. The quantitative estimate of drug-likeness (QED) is 0.279. The van der Waals surface area contributed by atoms with E-state index in [0.717, 1.165) is 43.3 Å². The number of aromatic nitrogens is 3. The Balaban J connectivity index is 0.00000289. The number of nitrogens with zero attached hydrogens (tertiary/aromatic N) is 5. The van der Waals surface area contributed by atoms with E-state index in [-0.39, 0.29) is 29.8 Å². The zero-order valence-corrected chi connectivity index (χ0v) is 20.8. The van der Waals surface area contributed by atoms with Crippen LogP contribution in [0.1, 0.15) is 32.0 Å². The molecule has 1 fully saturated rings. The highest BCUT2D eigenvalue weighted by Gasteiger charge is 2.28. The number of aliphatic imine (C=N–C) groups is 1. The summed E-state index contributed by atoms with van der Waals surface area (Å²) in [5, 5.41) is 3.43. The maximum Gasteiger partial charge on any atom is 0.226 e. The van der Waals surface area contributed by atoms with Crippen molar-refractivity contribution in [3.05, 3.63) is 60.8 Å². The lowest BCUT2D eigenvalue weighted by Crippen LogP contribution is -2.49. The van der Waals surface area contributed by atoms with Crippen molar-refractivity contribution in [2.75, 3.05) is 26.2 Å². The van der Waals surface area contributed by atoms with Crippen LogP contribution in [-0.4, -0.2) is 51.6 Å². The molecule has 32 heavy (non-hydrogen) atoms. The number of imidazole rings is 1. The first-order chi connectivity index (χ1) is 15.1. The highest BCUT2D eigenvalue weighted by Crippen LogP contribution is 2.27. The minimum Gasteiger partial charge on any atom is -0.444 e. The number of piperidine rings is 1. The second kappa shape index (κ2) is 11.4. The molecule has 0 aliphatic carbocycles. The summed E-state index contributed by atoms with van der Waals surface area (Å²) < 4.78 is 20.9. The van der Waals surface area contributed by atoms with Crippen molar-refractivity contribution in [2.24, 2.45) is 10.9 Å². The number of oxazole rings is 1. The van der Waals surface area contributed by atoms with Gasteiger partial charge < -0.3 is 19.2 Å². The topological polar surface area (TPSA) is 71.5 Å². The molecule has 0 spiro atoms. The molecule has 0 bridgehead atoms. The van der Waals surface area contributed by atoms with Gasteiger partial charge in [0.25, 0.3) is 0 Å². The van der Waals surface area contributed by atoms with Gasteiger partial charge in [0.2, 0.25) is 5.89 Å². The van der Waals surface area contributed by atoms with Crippen molar-refractivity contribution in [3.8, 4) is 11.5 Å². The van der Waals surface area contributed by atoms with E-state index in [0.29, 0.717) is 30.8 Å². The van der Waals surface area contributed by atoms with Crippen LogP contribution >= 0.6 is 24.0 Å². The molecule has 3 heterocycles. The van der Waals surface area contributed by atoms with E-state index < -0.39 is 0 Å². The maximum absolute atomic E-state index is 13.1. The summed E-state index contributed by atoms with van der Waals surface area (Å²) in [4.78, 5) is 15.9. The van der Waals surface area contributed by atoms with Gasteiger partial charge in [0, 0.05) is 50.6 Å². The third-order valence-corrected chi connectivity index (χ3v) is 5.73. The molecule has 3 aromatic rings. The molecular weight excluding hydrogens is 522 g/mol. The van der Waals surface area contributed by atoms with Crippen LogP contribution in [0.5, 0.6) is 0 Å². The van der Waals surface area contributed by atoms with Crippen LogP contribution in [0.15, 0.2) is 58.7 Å². The standard InChI is InChI=1S/C23H29FN6O.HI/c1-3-26-23(29-12-9-17(2)21(14-29)30-13-11-25-16-30)27-10-8-20-15-31-22(28-20)18-4-6-19(24)7-5-18;/h4-7,11,13,15-17,21H,3,8-10,12,14H2,1-2H3,(H,26,27);1H. The van der Waals surface area contributed by atoms with E-state index in [4.69, 9.17) is 9.41 Å². The number of rotatable bonds is 6. The Labute approximate surface area is 205 Å². The Kier molecular flexibility index (Phi) is 8.66. The molecule has 172 valence electrons. The molecule has 9 heteroatoms. The van der Waals surface area contributed by atoms with E-state index >= 15 is 0 Å². The van der Waals surface area contributed by atoms with Crippen LogP contribution in [0.3, 0.4) is 0 Å². The van der Waals surface area contributed by atoms with Crippen LogP contribution in [0.4, 0.5) is 4.39 Å². The summed E-state index contributed by atoms with van der Waals surface area (Å²) in [6.45, 7) is 7.70. The average molecular weight is 552 g/mol. The van der Waals surface area contributed by atoms with Gasteiger partial charge in [-0.25, -0.2) is 14.4 Å². The molecule has 7 nitrogen and oxygen atoms in total. The molecule has 2 aromatic heterocycles. The lowest BCUT2D eigenvalue weighted by atomic mass is 9.93. The molecule has 2 unspecified atom stereocenters. The van der Waals surface area contributed by atoms with E-state index in [1.807, 2.05) is 18.7 Å². The first kappa shape index (κ1) is 24.2. The lowest BCUT2D eigenvalue weighted by molar-refractivity contribution is 0.189. The molecule has 0 saturated carbocycles. The van der Waals surface area contributed by atoms with Gasteiger partial charge in [-0.15, -0.1) is 24.0 Å². The summed E-state index contributed by atoms with van der Waals surface area (Å²) >= 11 is 0. The zero-order chi connectivity index (χ0) is 21.6. The van der Waals surface area contributed by atoms with Crippen molar-refractivity contribution >= 4 is 29.9 Å². The summed E-state index contributed by atoms with van der Waals surface area (Å²) in [6, 6.07) is 6.53. The van der Waals surface area contributed by atoms with Crippen molar-refractivity contribution in [2.45, 2.75) is 32.7 Å². The van der Waals surface area contributed by atoms with Gasteiger partial charge in [-0.1, -0.05) is 6.92 Å². The Morgan fingerprint density at radius 2 is 2.12 bits per heavy atom. The summed E-state index contributed by atoms with van der Waals surface area (Å²) in [7, 11) is 0. The van der Waals surface area contributed by atoms with Crippen molar-refractivity contribution in [1.29, 1.82) is 0 Å². The van der Waals surface area contributed by atoms with E-state index in [1.165, 1.54) is 12.1 Å². The second-order valence-corrected chi connectivity index (χ2v) is 7.93. The summed E-state index contributed by atoms with van der Waals surface area (Å²) in [5.74, 6) is 1.75. The van der Waals surface area contributed by atoms with Gasteiger partial charge in [-0.3, -0.25) is 4.99 Å². The van der Waals surface area contributed by atoms with Crippen LogP contribution in [-0.2, 0) is 6.42 Å². The maximum atomic E-state index is 13.1. The first-order valence-electron chi connectivity index (χ1n) is 10.8. The van der Waals surface area contributed by atoms with E-state index in [9.17, 15) is 4.39 Å². The average Bonchev–Trinajstić information content (AvgIpc) is 3.47. The van der Waals surface area contributed by atoms with Crippen LogP contribution < -0.4 is 5.32 Å². The van der Waals surface area contributed by atoms with Gasteiger partial charge >= 0.3 is 0 Å². The molecule has 1 aliphatic rings. The third kappa shape index (κ3) is 5.87. The monoisotopic (exact) mass is 552 g/mol. The molecule has 4 rings (SSSR count). The number of hydrogen-bond acceptors (Lipinski definition) is 4. The molecule has 1 N–H and O–H groups in total. The fourth-order valence-corrected chi connectivity index (χ4v) is 3.94. The largest absolute Gasteiger partial charge is 0.444 e. The van der Waals surface area contributed by atoms with Gasteiger partial charge in [0.15, 0.2) is 5.96 Å². The third-order valence-electron chi connectivity index (χ3n) is 5.73. The number of nitrogens with one attached hydrogen (secondary N) is 1. The van der Waals surface area contributed by atoms with Crippen LogP contribution in [0.2, 0.25) is 0 Å². The van der Waals surface area contributed by atoms with Gasteiger partial charge in [-0.05, 0) is 43.5 Å².